The Balaban J connectivity index is 2.38. The maximum absolute atomic E-state index is 13.4. The molecular weight excluding hydrogens is 313 g/mol. The van der Waals surface area contributed by atoms with E-state index in [2.05, 4.69) is 36.6 Å². The second-order valence-corrected chi connectivity index (χ2v) is 4.93. The summed E-state index contributed by atoms with van der Waals surface area (Å²) >= 11 is 3.16. The Morgan fingerprint density at radius 2 is 2.00 bits per heavy atom. The fourth-order valence-corrected chi connectivity index (χ4v) is 1.89. The molecule has 2 rings (SSSR count). The van der Waals surface area contributed by atoms with E-state index in [1.54, 1.807) is 12.3 Å². The number of hydrazine groups is 1. The van der Waals surface area contributed by atoms with Gasteiger partial charge in [0.2, 0.25) is 5.95 Å². The van der Waals surface area contributed by atoms with Crippen LogP contribution in [0, 0.1) is 19.7 Å². The number of aromatic nitrogens is 2. The van der Waals surface area contributed by atoms with E-state index in [9.17, 15) is 4.39 Å². The number of nitrogens with one attached hydrogen (secondary N) is 2. The molecule has 0 bridgehead atoms. The van der Waals surface area contributed by atoms with Crippen molar-refractivity contribution in [2.45, 2.75) is 13.8 Å². The summed E-state index contributed by atoms with van der Waals surface area (Å²) in [6.07, 6.45) is 1.65. The lowest BCUT2D eigenvalue weighted by Gasteiger charge is -2.12. The van der Waals surface area contributed by atoms with Crippen LogP contribution in [-0.4, -0.2) is 9.97 Å². The number of nitrogen functional groups attached to an aromatic ring is 1. The van der Waals surface area contributed by atoms with E-state index in [0.717, 1.165) is 16.8 Å². The van der Waals surface area contributed by atoms with E-state index in [0.29, 0.717) is 16.2 Å². The van der Waals surface area contributed by atoms with Crippen LogP contribution in [0.4, 0.5) is 21.8 Å². The van der Waals surface area contributed by atoms with Crippen molar-refractivity contribution in [3.8, 4) is 0 Å². The van der Waals surface area contributed by atoms with Gasteiger partial charge in [0.15, 0.2) is 0 Å². The summed E-state index contributed by atoms with van der Waals surface area (Å²) in [5, 5.41) is 3.14. The summed E-state index contributed by atoms with van der Waals surface area (Å²) in [7, 11) is 0. The number of halogens is 2. The van der Waals surface area contributed by atoms with Gasteiger partial charge in [0.05, 0.1) is 4.47 Å². The van der Waals surface area contributed by atoms with Crippen molar-refractivity contribution >= 4 is 33.4 Å². The van der Waals surface area contributed by atoms with Crippen molar-refractivity contribution in [1.82, 2.24) is 9.97 Å². The van der Waals surface area contributed by atoms with Gasteiger partial charge in [0.1, 0.15) is 11.6 Å². The Hall–Kier alpha value is -1.73. The molecule has 0 atom stereocenters. The van der Waals surface area contributed by atoms with E-state index in [1.165, 1.54) is 6.07 Å². The van der Waals surface area contributed by atoms with Crippen molar-refractivity contribution in [1.29, 1.82) is 0 Å². The molecule has 0 saturated carbocycles. The summed E-state index contributed by atoms with van der Waals surface area (Å²) in [4.78, 5) is 8.21. The fourth-order valence-electron chi connectivity index (χ4n) is 1.55. The zero-order chi connectivity index (χ0) is 14.0. The van der Waals surface area contributed by atoms with Gasteiger partial charge >= 0.3 is 0 Å². The highest BCUT2D eigenvalue weighted by Gasteiger charge is 2.08. The first-order valence-corrected chi connectivity index (χ1v) is 6.33. The van der Waals surface area contributed by atoms with Crippen molar-refractivity contribution in [3.63, 3.8) is 0 Å². The first kappa shape index (κ1) is 13.7. The monoisotopic (exact) mass is 325 g/mol. The molecular formula is C12H13BrFN5. The number of nitrogens with zero attached hydrogens (tertiary/aromatic N) is 2. The quantitative estimate of drug-likeness (QED) is 0.597. The van der Waals surface area contributed by atoms with Gasteiger partial charge in [0.25, 0.3) is 0 Å². The van der Waals surface area contributed by atoms with Crippen LogP contribution in [0.5, 0.6) is 0 Å². The van der Waals surface area contributed by atoms with Gasteiger partial charge in [-0.3, -0.25) is 5.43 Å². The number of aryl methyl sites for hydroxylation is 2. The molecule has 0 aliphatic heterocycles. The number of nitrogens with two attached hydrogens (primary N) is 1. The van der Waals surface area contributed by atoms with Crippen molar-refractivity contribution in [2.75, 3.05) is 10.7 Å². The maximum Gasteiger partial charge on any atom is 0.239 e. The first-order valence-electron chi connectivity index (χ1n) is 5.54. The fraction of sp³-hybridized carbons (Fsp3) is 0.167. The molecule has 0 radical (unpaired) electrons. The average Bonchev–Trinajstić information content (AvgIpc) is 2.38. The third kappa shape index (κ3) is 2.99. The highest BCUT2D eigenvalue weighted by Crippen LogP contribution is 2.27. The largest absolute Gasteiger partial charge is 0.340 e. The summed E-state index contributed by atoms with van der Waals surface area (Å²) < 4.78 is 13.8. The molecule has 0 saturated heterocycles. The molecule has 0 aliphatic carbocycles. The Bertz CT molecular complexity index is 617. The van der Waals surface area contributed by atoms with E-state index >= 15 is 0 Å². The van der Waals surface area contributed by atoms with E-state index < -0.39 is 0 Å². The summed E-state index contributed by atoms with van der Waals surface area (Å²) in [6, 6.07) is 3.12. The van der Waals surface area contributed by atoms with Crippen LogP contribution in [0.1, 0.15) is 11.1 Å². The summed E-state index contributed by atoms with van der Waals surface area (Å²) in [5.74, 6) is 5.90. The standard InChI is InChI=1S/C12H13BrFN5/c1-6-3-9(14)8(13)4-10(6)17-11-7(2)5-16-12(18-11)19-15/h3-5H,15H2,1-2H3,(H2,16,17,18,19). The van der Waals surface area contributed by atoms with Crippen LogP contribution in [0.2, 0.25) is 0 Å². The highest BCUT2D eigenvalue weighted by molar-refractivity contribution is 9.10. The number of rotatable bonds is 3. The molecule has 5 nitrogen and oxygen atoms in total. The van der Waals surface area contributed by atoms with Gasteiger partial charge in [-0.15, -0.1) is 0 Å². The van der Waals surface area contributed by atoms with Crippen LogP contribution in [0.15, 0.2) is 22.8 Å². The van der Waals surface area contributed by atoms with E-state index in [4.69, 9.17) is 5.84 Å². The molecule has 0 aliphatic rings. The molecule has 0 fully saturated rings. The third-order valence-corrected chi connectivity index (χ3v) is 3.23. The molecule has 1 aromatic carbocycles. The minimum absolute atomic E-state index is 0.299. The predicted molar refractivity (Wildman–Crippen MR) is 76.7 cm³/mol. The van der Waals surface area contributed by atoms with Crippen LogP contribution in [-0.2, 0) is 0 Å². The Labute approximate surface area is 118 Å². The minimum atomic E-state index is -0.299. The lowest BCUT2D eigenvalue weighted by atomic mass is 10.2. The van der Waals surface area contributed by atoms with Gasteiger partial charge in [-0.25, -0.2) is 15.2 Å². The number of hydrogen-bond acceptors (Lipinski definition) is 5. The van der Waals surface area contributed by atoms with E-state index in [1.807, 2.05) is 13.8 Å². The lowest BCUT2D eigenvalue weighted by molar-refractivity contribution is 0.620. The van der Waals surface area contributed by atoms with Gasteiger partial charge in [-0.05, 0) is 47.5 Å². The summed E-state index contributed by atoms with van der Waals surface area (Å²) in [5.41, 5.74) is 4.78. The summed E-state index contributed by atoms with van der Waals surface area (Å²) in [6.45, 7) is 3.69. The Kier molecular flexibility index (Phi) is 3.96. The lowest BCUT2D eigenvalue weighted by Crippen LogP contribution is -2.11. The van der Waals surface area contributed by atoms with E-state index in [-0.39, 0.29) is 5.82 Å². The molecule has 100 valence electrons. The zero-order valence-corrected chi connectivity index (χ0v) is 12.0. The minimum Gasteiger partial charge on any atom is -0.340 e. The Morgan fingerprint density at radius 1 is 1.26 bits per heavy atom. The molecule has 4 N–H and O–H groups in total. The van der Waals surface area contributed by atoms with Crippen LogP contribution >= 0.6 is 15.9 Å². The predicted octanol–water partition coefficient (Wildman–Crippen LogP) is 3.02. The van der Waals surface area contributed by atoms with Gasteiger partial charge in [-0.2, -0.15) is 4.98 Å². The second kappa shape index (κ2) is 5.50. The van der Waals surface area contributed by atoms with Crippen molar-refractivity contribution < 1.29 is 4.39 Å². The van der Waals surface area contributed by atoms with Gasteiger partial charge < -0.3 is 5.32 Å². The number of anilines is 3. The third-order valence-electron chi connectivity index (χ3n) is 2.62. The first-order chi connectivity index (χ1) is 9.01. The molecule has 19 heavy (non-hydrogen) atoms. The average molecular weight is 326 g/mol. The Morgan fingerprint density at radius 3 is 2.68 bits per heavy atom. The van der Waals surface area contributed by atoms with Crippen molar-refractivity contribution in [2.24, 2.45) is 5.84 Å². The maximum atomic E-state index is 13.4. The number of benzene rings is 1. The smallest absolute Gasteiger partial charge is 0.239 e. The van der Waals surface area contributed by atoms with Gasteiger partial charge in [-0.1, -0.05) is 0 Å². The van der Waals surface area contributed by atoms with Crippen LogP contribution in [0.3, 0.4) is 0 Å². The molecule has 0 unspecified atom stereocenters. The van der Waals surface area contributed by atoms with Crippen LogP contribution in [0.25, 0.3) is 0 Å². The molecule has 0 amide bonds. The zero-order valence-electron chi connectivity index (χ0n) is 10.5. The SMILES string of the molecule is Cc1cc(F)c(Br)cc1Nc1nc(NN)ncc1C. The molecule has 7 heteroatoms. The molecule has 1 aromatic heterocycles. The van der Waals surface area contributed by atoms with Crippen LogP contribution < -0.4 is 16.6 Å². The van der Waals surface area contributed by atoms with Crippen molar-refractivity contribution in [3.05, 3.63) is 39.7 Å². The molecule has 0 spiro atoms. The van der Waals surface area contributed by atoms with Gasteiger partial charge in [0, 0.05) is 17.4 Å². The highest BCUT2D eigenvalue weighted by atomic mass is 79.9. The molecule has 2 aromatic rings. The second-order valence-electron chi connectivity index (χ2n) is 4.08. The topological polar surface area (TPSA) is 75.9 Å². The molecule has 1 heterocycles. The number of hydrogen-bond donors (Lipinski definition) is 3. The normalized spacial score (nSPS) is 10.4.